The summed E-state index contributed by atoms with van der Waals surface area (Å²) in [5, 5.41) is 10.6. The molecule has 1 aliphatic rings. The van der Waals surface area contributed by atoms with Crippen LogP contribution >= 0.6 is 0 Å². The summed E-state index contributed by atoms with van der Waals surface area (Å²) in [6, 6.07) is 22.7. The highest BCUT2D eigenvalue weighted by Gasteiger charge is 2.19. The Labute approximate surface area is 186 Å². The molecule has 32 heavy (non-hydrogen) atoms. The fraction of sp³-hybridized carbons (Fsp3) is 0.231. The van der Waals surface area contributed by atoms with Crippen LogP contribution in [0.2, 0.25) is 0 Å². The normalized spacial score (nSPS) is 14.5. The number of aromatic nitrogens is 1. The van der Waals surface area contributed by atoms with Crippen LogP contribution in [0.3, 0.4) is 0 Å². The third kappa shape index (κ3) is 3.73. The number of morpholine rings is 1. The quantitative estimate of drug-likeness (QED) is 0.438. The van der Waals surface area contributed by atoms with Gasteiger partial charge in [-0.25, -0.2) is 0 Å². The van der Waals surface area contributed by atoms with E-state index >= 15 is 0 Å². The average Bonchev–Trinajstić information content (AvgIpc) is 3.24. The smallest absolute Gasteiger partial charge is 0.209 e. The number of pyridine rings is 1. The third-order valence-corrected chi connectivity index (χ3v) is 5.89. The van der Waals surface area contributed by atoms with E-state index in [1.165, 1.54) is 0 Å². The molecular formula is C26H23N3O3. The minimum Gasteiger partial charge on any atom is -0.492 e. The molecule has 0 spiro atoms. The van der Waals surface area contributed by atoms with Crippen LogP contribution in [0.15, 0.2) is 66.7 Å². The number of nitrogens with zero attached hydrogens (tertiary/aromatic N) is 3. The van der Waals surface area contributed by atoms with Crippen molar-refractivity contribution in [1.29, 1.82) is 5.26 Å². The van der Waals surface area contributed by atoms with Gasteiger partial charge in [-0.3, -0.25) is 9.69 Å². The van der Waals surface area contributed by atoms with Gasteiger partial charge in [-0.2, -0.15) is 5.26 Å². The van der Waals surface area contributed by atoms with E-state index in [2.05, 4.69) is 11.0 Å². The van der Waals surface area contributed by atoms with Gasteiger partial charge in [0.05, 0.1) is 35.5 Å². The van der Waals surface area contributed by atoms with E-state index in [1.807, 2.05) is 52.9 Å². The Morgan fingerprint density at radius 2 is 1.81 bits per heavy atom. The number of fused-ring (bicyclic) bond motifs is 3. The molecule has 0 saturated carbocycles. The maximum absolute atomic E-state index is 13.3. The summed E-state index contributed by atoms with van der Waals surface area (Å²) in [6.45, 7) is 4.78. The molecule has 2 aromatic heterocycles. The summed E-state index contributed by atoms with van der Waals surface area (Å²) in [5.41, 5.74) is 3.09. The predicted molar refractivity (Wildman–Crippen MR) is 122 cm³/mol. The fourth-order valence-electron chi connectivity index (χ4n) is 4.24. The Hall–Kier alpha value is -3.66. The molecule has 0 unspecified atom stereocenters. The van der Waals surface area contributed by atoms with Gasteiger partial charge in [0, 0.05) is 30.6 Å². The molecule has 0 aliphatic carbocycles. The predicted octanol–water partition coefficient (Wildman–Crippen LogP) is 3.91. The van der Waals surface area contributed by atoms with Crippen molar-refractivity contribution in [2.75, 3.05) is 39.5 Å². The van der Waals surface area contributed by atoms with Gasteiger partial charge in [-0.15, -0.1) is 0 Å². The Morgan fingerprint density at radius 1 is 1.00 bits per heavy atom. The first-order chi connectivity index (χ1) is 15.8. The van der Waals surface area contributed by atoms with Crippen molar-refractivity contribution in [2.24, 2.45) is 0 Å². The molecule has 0 amide bonds. The zero-order valence-electron chi connectivity index (χ0n) is 17.7. The van der Waals surface area contributed by atoms with E-state index in [0.717, 1.165) is 49.5 Å². The van der Waals surface area contributed by atoms with Gasteiger partial charge < -0.3 is 13.9 Å². The number of carbonyl (C=O) groups is 1. The Kier molecular flexibility index (Phi) is 5.59. The van der Waals surface area contributed by atoms with E-state index in [-0.39, 0.29) is 5.78 Å². The molecule has 4 aromatic rings. The monoisotopic (exact) mass is 425 g/mol. The summed E-state index contributed by atoms with van der Waals surface area (Å²) >= 11 is 0. The van der Waals surface area contributed by atoms with E-state index in [1.54, 1.807) is 18.2 Å². The van der Waals surface area contributed by atoms with Gasteiger partial charge in [0.1, 0.15) is 18.4 Å². The van der Waals surface area contributed by atoms with Crippen molar-refractivity contribution in [2.45, 2.75) is 0 Å². The summed E-state index contributed by atoms with van der Waals surface area (Å²) in [6.07, 6.45) is 0. The molecule has 1 saturated heterocycles. The first kappa shape index (κ1) is 20.3. The molecule has 3 heterocycles. The molecule has 5 rings (SSSR count). The summed E-state index contributed by atoms with van der Waals surface area (Å²) in [5.74, 6) is 0.649. The molecule has 0 atom stereocenters. The van der Waals surface area contributed by atoms with Crippen LogP contribution in [-0.2, 0) is 4.74 Å². The molecule has 160 valence electrons. The molecule has 1 aliphatic heterocycles. The molecule has 0 radical (unpaired) electrons. The standard InChI is InChI=1S/C26H23N3O3/c27-18-20-17-24(26(30)19-5-2-1-3-6-19)29-22(20)10-9-21-23(29)7-4-8-25(21)32-16-13-28-11-14-31-15-12-28/h1-10,17H,11-16H2. The van der Waals surface area contributed by atoms with Crippen molar-refractivity contribution in [1.82, 2.24) is 9.30 Å². The van der Waals surface area contributed by atoms with Crippen LogP contribution < -0.4 is 4.74 Å². The number of ketones is 1. The molecule has 0 N–H and O–H groups in total. The minimum atomic E-state index is -0.117. The number of hydrogen-bond donors (Lipinski definition) is 0. The lowest BCUT2D eigenvalue weighted by Crippen LogP contribution is -2.38. The number of nitriles is 1. The summed E-state index contributed by atoms with van der Waals surface area (Å²) in [7, 11) is 0. The van der Waals surface area contributed by atoms with Crippen LogP contribution in [0.25, 0.3) is 16.4 Å². The molecule has 2 aromatic carbocycles. The first-order valence-electron chi connectivity index (χ1n) is 10.8. The van der Waals surface area contributed by atoms with E-state index in [4.69, 9.17) is 9.47 Å². The number of benzene rings is 2. The van der Waals surface area contributed by atoms with Gasteiger partial charge in [0.2, 0.25) is 5.78 Å². The number of carbonyl (C=O) groups excluding carboxylic acids is 1. The summed E-state index contributed by atoms with van der Waals surface area (Å²) < 4.78 is 13.4. The Morgan fingerprint density at radius 3 is 2.59 bits per heavy atom. The van der Waals surface area contributed by atoms with Crippen molar-refractivity contribution in [3.05, 3.63) is 83.6 Å². The molecule has 6 nitrogen and oxygen atoms in total. The maximum Gasteiger partial charge on any atom is 0.209 e. The topological polar surface area (TPSA) is 67.0 Å². The Bertz CT molecular complexity index is 1320. The van der Waals surface area contributed by atoms with E-state index in [0.29, 0.717) is 28.9 Å². The Balaban J connectivity index is 1.54. The van der Waals surface area contributed by atoms with Crippen LogP contribution in [0, 0.1) is 11.3 Å². The highest BCUT2D eigenvalue weighted by atomic mass is 16.5. The average molecular weight is 425 g/mol. The largest absolute Gasteiger partial charge is 0.492 e. The molecular weight excluding hydrogens is 402 g/mol. The second-order valence-corrected chi connectivity index (χ2v) is 7.80. The zero-order chi connectivity index (χ0) is 21.9. The highest BCUT2D eigenvalue weighted by molar-refractivity contribution is 6.10. The summed E-state index contributed by atoms with van der Waals surface area (Å²) in [4.78, 5) is 15.6. The van der Waals surface area contributed by atoms with E-state index < -0.39 is 0 Å². The van der Waals surface area contributed by atoms with Gasteiger partial charge in [-0.05, 0) is 30.3 Å². The van der Waals surface area contributed by atoms with Crippen molar-refractivity contribution >= 4 is 22.2 Å². The molecule has 6 heteroatoms. The van der Waals surface area contributed by atoms with Crippen molar-refractivity contribution in [3.63, 3.8) is 0 Å². The molecule has 0 bridgehead atoms. The second-order valence-electron chi connectivity index (χ2n) is 7.80. The SMILES string of the molecule is N#Cc1cc(C(=O)c2ccccc2)n2c1ccc1c(OCCN3CCOCC3)cccc12. The van der Waals surface area contributed by atoms with Gasteiger partial charge in [-0.1, -0.05) is 36.4 Å². The van der Waals surface area contributed by atoms with Crippen LogP contribution in [-0.4, -0.2) is 54.5 Å². The molecule has 1 fully saturated rings. The first-order valence-corrected chi connectivity index (χ1v) is 10.8. The van der Waals surface area contributed by atoms with Crippen LogP contribution in [0.4, 0.5) is 0 Å². The fourth-order valence-corrected chi connectivity index (χ4v) is 4.24. The lowest BCUT2D eigenvalue weighted by molar-refractivity contribution is 0.0323. The van der Waals surface area contributed by atoms with Crippen LogP contribution in [0.1, 0.15) is 21.6 Å². The third-order valence-electron chi connectivity index (χ3n) is 5.89. The maximum atomic E-state index is 13.3. The lowest BCUT2D eigenvalue weighted by Gasteiger charge is -2.26. The van der Waals surface area contributed by atoms with Crippen molar-refractivity contribution in [3.8, 4) is 11.8 Å². The minimum absolute atomic E-state index is 0.117. The van der Waals surface area contributed by atoms with Crippen LogP contribution in [0.5, 0.6) is 5.75 Å². The number of rotatable bonds is 6. The zero-order valence-corrected chi connectivity index (χ0v) is 17.7. The van der Waals surface area contributed by atoms with Gasteiger partial charge in [0.15, 0.2) is 0 Å². The van der Waals surface area contributed by atoms with Gasteiger partial charge >= 0.3 is 0 Å². The highest BCUT2D eigenvalue weighted by Crippen LogP contribution is 2.30. The second kappa shape index (κ2) is 8.83. The van der Waals surface area contributed by atoms with E-state index in [9.17, 15) is 10.1 Å². The number of ether oxygens (including phenoxy) is 2. The van der Waals surface area contributed by atoms with Gasteiger partial charge in [0.25, 0.3) is 0 Å². The number of hydrogen-bond acceptors (Lipinski definition) is 5. The lowest BCUT2D eigenvalue weighted by atomic mass is 10.1. The van der Waals surface area contributed by atoms with Crippen molar-refractivity contribution < 1.29 is 14.3 Å².